The van der Waals surface area contributed by atoms with Gasteiger partial charge < -0.3 is 10.2 Å². The topological polar surface area (TPSA) is 101 Å². The van der Waals surface area contributed by atoms with Crippen LogP contribution < -0.4 is 0 Å². The van der Waals surface area contributed by atoms with Crippen LogP contribution in [-0.2, 0) is 6.54 Å². The van der Waals surface area contributed by atoms with Crippen LogP contribution in [0.1, 0.15) is 11.4 Å². The van der Waals surface area contributed by atoms with Gasteiger partial charge in [-0.3, -0.25) is 14.8 Å². The van der Waals surface area contributed by atoms with Crippen molar-refractivity contribution in [2.24, 2.45) is 0 Å². The molecule has 1 unspecified atom stereocenters. The molecule has 0 aliphatic carbocycles. The molecule has 1 aromatic heterocycles. The van der Waals surface area contributed by atoms with E-state index in [1.165, 1.54) is 11.6 Å². The van der Waals surface area contributed by atoms with Crippen molar-refractivity contribution in [1.29, 1.82) is 0 Å². The highest BCUT2D eigenvalue weighted by atomic mass is 16.6. The first kappa shape index (κ1) is 11.6. The van der Waals surface area contributed by atoms with Crippen molar-refractivity contribution < 1.29 is 15.1 Å². The van der Waals surface area contributed by atoms with Gasteiger partial charge in [0.15, 0.2) is 0 Å². The molecule has 1 aromatic rings. The highest BCUT2D eigenvalue weighted by Gasteiger charge is 2.22. The van der Waals surface area contributed by atoms with Gasteiger partial charge in [0.25, 0.3) is 0 Å². The minimum atomic E-state index is -0.956. The molecule has 7 heteroatoms. The smallest absolute Gasteiger partial charge is 0.312 e. The summed E-state index contributed by atoms with van der Waals surface area (Å²) in [5, 5.41) is 32.4. The minimum absolute atomic E-state index is 0.0415. The lowest BCUT2D eigenvalue weighted by atomic mass is 10.3. The molecule has 7 nitrogen and oxygen atoms in total. The summed E-state index contributed by atoms with van der Waals surface area (Å²) in [7, 11) is 0. The third-order valence-electron chi connectivity index (χ3n) is 2.12. The van der Waals surface area contributed by atoms with Crippen LogP contribution in [0.2, 0.25) is 0 Å². The van der Waals surface area contributed by atoms with Gasteiger partial charge in [-0.2, -0.15) is 5.10 Å². The van der Waals surface area contributed by atoms with Gasteiger partial charge in [0.1, 0.15) is 11.4 Å². The zero-order chi connectivity index (χ0) is 11.6. The van der Waals surface area contributed by atoms with E-state index in [4.69, 9.17) is 5.11 Å². The predicted octanol–water partition coefficient (Wildman–Crippen LogP) is -0.239. The fourth-order valence-corrected chi connectivity index (χ4v) is 1.39. The summed E-state index contributed by atoms with van der Waals surface area (Å²) >= 11 is 0. The molecule has 0 radical (unpaired) electrons. The van der Waals surface area contributed by atoms with Gasteiger partial charge in [-0.1, -0.05) is 0 Å². The highest BCUT2D eigenvalue weighted by molar-refractivity contribution is 5.39. The second-order valence-corrected chi connectivity index (χ2v) is 3.30. The largest absolute Gasteiger partial charge is 0.394 e. The minimum Gasteiger partial charge on any atom is -0.394 e. The van der Waals surface area contributed by atoms with Gasteiger partial charge in [-0.15, -0.1) is 0 Å². The van der Waals surface area contributed by atoms with Crippen LogP contribution in [-0.4, -0.2) is 37.6 Å². The molecule has 0 spiro atoms. The van der Waals surface area contributed by atoms with E-state index in [9.17, 15) is 15.2 Å². The number of aliphatic hydroxyl groups is 2. The summed E-state index contributed by atoms with van der Waals surface area (Å²) in [6, 6.07) is 0. The maximum absolute atomic E-state index is 10.7. The first-order valence-corrected chi connectivity index (χ1v) is 4.44. The lowest BCUT2D eigenvalue weighted by Crippen LogP contribution is -2.21. The maximum Gasteiger partial charge on any atom is 0.312 e. The van der Waals surface area contributed by atoms with Crippen LogP contribution in [0.15, 0.2) is 0 Å². The zero-order valence-corrected chi connectivity index (χ0v) is 8.54. The van der Waals surface area contributed by atoms with Crippen LogP contribution in [0, 0.1) is 24.0 Å². The number of hydrogen-bond donors (Lipinski definition) is 2. The van der Waals surface area contributed by atoms with Crippen LogP contribution in [0.4, 0.5) is 5.69 Å². The number of aryl methyl sites for hydroxylation is 1. The van der Waals surface area contributed by atoms with Crippen LogP contribution in [0.25, 0.3) is 0 Å². The predicted molar refractivity (Wildman–Crippen MR) is 51.4 cm³/mol. The summed E-state index contributed by atoms with van der Waals surface area (Å²) < 4.78 is 1.33. The first-order valence-electron chi connectivity index (χ1n) is 4.44. The Morgan fingerprint density at radius 2 is 2.20 bits per heavy atom. The van der Waals surface area contributed by atoms with Crippen molar-refractivity contribution in [3.63, 3.8) is 0 Å². The molecule has 0 aliphatic heterocycles. The lowest BCUT2D eigenvalue weighted by Gasteiger charge is -2.07. The number of rotatable bonds is 4. The Hall–Kier alpha value is -1.47. The van der Waals surface area contributed by atoms with Crippen LogP contribution >= 0.6 is 0 Å². The van der Waals surface area contributed by atoms with Crippen LogP contribution in [0.5, 0.6) is 0 Å². The summed E-state index contributed by atoms with van der Waals surface area (Å²) in [5.41, 5.74) is 0.646. The Morgan fingerprint density at radius 1 is 1.60 bits per heavy atom. The Labute approximate surface area is 86.1 Å². The summed E-state index contributed by atoms with van der Waals surface area (Å²) in [6.45, 7) is 2.75. The molecule has 1 atom stereocenters. The standard InChI is InChI=1S/C8H13N3O4/c1-5-8(11(14)15)6(2)10(9-5)3-7(13)4-12/h7,12-13H,3-4H2,1-2H3. The second-order valence-electron chi connectivity index (χ2n) is 3.30. The third-order valence-corrected chi connectivity index (χ3v) is 2.12. The quantitative estimate of drug-likeness (QED) is 0.533. The van der Waals surface area contributed by atoms with Gasteiger partial charge in [0.2, 0.25) is 0 Å². The summed E-state index contributed by atoms with van der Waals surface area (Å²) in [4.78, 5) is 10.2. The van der Waals surface area contributed by atoms with Crippen molar-refractivity contribution in [2.75, 3.05) is 6.61 Å². The van der Waals surface area contributed by atoms with E-state index in [1.807, 2.05) is 0 Å². The zero-order valence-electron chi connectivity index (χ0n) is 8.54. The molecule has 1 heterocycles. The molecule has 0 amide bonds. The van der Waals surface area contributed by atoms with Crippen molar-refractivity contribution >= 4 is 5.69 Å². The molecule has 0 saturated heterocycles. The molecule has 84 valence electrons. The van der Waals surface area contributed by atoms with E-state index in [2.05, 4.69) is 5.10 Å². The Bertz CT molecular complexity index is 374. The number of nitro groups is 1. The number of aromatic nitrogens is 2. The number of nitrogens with zero attached hydrogens (tertiary/aromatic N) is 3. The molecular weight excluding hydrogens is 202 g/mol. The van der Waals surface area contributed by atoms with E-state index in [-0.39, 0.29) is 12.2 Å². The fraction of sp³-hybridized carbons (Fsp3) is 0.625. The Balaban J connectivity index is 3.01. The molecule has 0 aromatic carbocycles. The molecule has 1 rings (SSSR count). The molecular formula is C8H13N3O4. The fourth-order valence-electron chi connectivity index (χ4n) is 1.39. The monoisotopic (exact) mass is 215 g/mol. The van der Waals surface area contributed by atoms with Crippen molar-refractivity contribution in [2.45, 2.75) is 26.5 Å². The van der Waals surface area contributed by atoms with Crippen molar-refractivity contribution in [1.82, 2.24) is 9.78 Å². The average Bonchev–Trinajstić information content (AvgIpc) is 2.41. The van der Waals surface area contributed by atoms with Crippen molar-refractivity contribution in [3.05, 3.63) is 21.5 Å². The van der Waals surface area contributed by atoms with Gasteiger partial charge in [0, 0.05) is 0 Å². The lowest BCUT2D eigenvalue weighted by molar-refractivity contribution is -0.386. The number of hydrogen-bond acceptors (Lipinski definition) is 5. The molecule has 0 fully saturated rings. The van der Waals surface area contributed by atoms with Gasteiger partial charge in [-0.05, 0) is 13.8 Å². The molecule has 2 N–H and O–H groups in total. The van der Waals surface area contributed by atoms with E-state index < -0.39 is 17.6 Å². The third kappa shape index (κ3) is 2.31. The summed E-state index contributed by atoms with van der Waals surface area (Å²) in [6.07, 6.45) is -0.956. The molecule has 0 bridgehead atoms. The number of aliphatic hydroxyl groups excluding tert-OH is 2. The van der Waals surface area contributed by atoms with Crippen LogP contribution in [0.3, 0.4) is 0 Å². The molecule has 15 heavy (non-hydrogen) atoms. The SMILES string of the molecule is Cc1nn(CC(O)CO)c(C)c1[N+](=O)[O-]. The molecule has 0 saturated carbocycles. The summed E-state index contributed by atoms with van der Waals surface area (Å²) in [5.74, 6) is 0. The van der Waals surface area contributed by atoms with E-state index in [0.29, 0.717) is 11.4 Å². The molecule has 0 aliphatic rings. The van der Waals surface area contributed by atoms with Gasteiger partial charge in [-0.25, -0.2) is 0 Å². The highest BCUT2D eigenvalue weighted by Crippen LogP contribution is 2.21. The van der Waals surface area contributed by atoms with Gasteiger partial charge >= 0.3 is 5.69 Å². The maximum atomic E-state index is 10.7. The van der Waals surface area contributed by atoms with E-state index in [1.54, 1.807) is 6.92 Å². The van der Waals surface area contributed by atoms with E-state index >= 15 is 0 Å². The van der Waals surface area contributed by atoms with E-state index in [0.717, 1.165) is 0 Å². The van der Waals surface area contributed by atoms with Crippen molar-refractivity contribution in [3.8, 4) is 0 Å². The van der Waals surface area contributed by atoms with Gasteiger partial charge in [0.05, 0.1) is 24.2 Å². The normalized spacial score (nSPS) is 12.8. The Kier molecular flexibility index (Phi) is 3.38. The first-order chi connectivity index (χ1) is 6.97. The average molecular weight is 215 g/mol. The second kappa shape index (κ2) is 4.37. The Morgan fingerprint density at radius 3 is 2.60 bits per heavy atom.